The summed E-state index contributed by atoms with van der Waals surface area (Å²) in [5.74, 6) is 0.381. The molecule has 2 heterocycles. The van der Waals surface area contributed by atoms with Gasteiger partial charge < -0.3 is 10.4 Å². The van der Waals surface area contributed by atoms with Gasteiger partial charge in [-0.05, 0) is 67.1 Å². The molecule has 0 aliphatic heterocycles. The monoisotopic (exact) mass is 374 g/mol. The zero-order valence-corrected chi connectivity index (χ0v) is 15.7. The van der Waals surface area contributed by atoms with Crippen molar-refractivity contribution in [1.82, 2.24) is 15.0 Å². The highest BCUT2D eigenvalue weighted by Gasteiger charge is 2.25. The van der Waals surface area contributed by atoms with Crippen LogP contribution < -0.4 is 5.32 Å². The lowest BCUT2D eigenvalue weighted by Crippen LogP contribution is -2.00. The Bertz CT molecular complexity index is 1010. The summed E-state index contributed by atoms with van der Waals surface area (Å²) < 4.78 is 0. The molecule has 0 amide bonds. The minimum absolute atomic E-state index is 0.0976. The van der Waals surface area contributed by atoms with Gasteiger partial charge in [-0.1, -0.05) is 6.07 Å². The first-order valence-electron chi connectivity index (χ1n) is 9.44. The number of carboxylic acids is 1. The highest BCUT2D eigenvalue weighted by molar-refractivity contribution is 5.71. The first-order chi connectivity index (χ1) is 13.6. The van der Waals surface area contributed by atoms with E-state index in [1.165, 1.54) is 12.8 Å². The maximum absolute atomic E-state index is 10.8. The van der Waals surface area contributed by atoms with E-state index in [0.29, 0.717) is 18.3 Å². The Hall–Kier alpha value is -3.28. The van der Waals surface area contributed by atoms with Gasteiger partial charge in [-0.15, -0.1) is 0 Å². The number of hydrogen-bond donors (Lipinski definition) is 2. The van der Waals surface area contributed by atoms with Crippen molar-refractivity contribution in [3.8, 4) is 11.1 Å². The van der Waals surface area contributed by atoms with Crippen LogP contribution in [0.2, 0.25) is 0 Å². The van der Waals surface area contributed by atoms with E-state index in [9.17, 15) is 4.79 Å². The molecule has 1 saturated carbocycles. The zero-order valence-electron chi connectivity index (χ0n) is 15.7. The Morgan fingerprint density at radius 3 is 2.82 bits per heavy atom. The summed E-state index contributed by atoms with van der Waals surface area (Å²) in [7, 11) is 0. The van der Waals surface area contributed by atoms with Crippen LogP contribution in [0.15, 0.2) is 48.9 Å². The average molecular weight is 374 g/mol. The van der Waals surface area contributed by atoms with Crippen molar-refractivity contribution >= 4 is 17.6 Å². The highest BCUT2D eigenvalue weighted by Crippen LogP contribution is 2.39. The molecule has 6 heteroatoms. The van der Waals surface area contributed by atoms with Gasteiger partial charge in [-0.3, -0.25) is 9.78 Å². The van der Waals surface area contributed by atoms with Gasteiger partial charge in [-0.25, -0.2) is 9.97 Å². The molecule has 0 atom stereocenters. The van der Waals surface area contributed by atoms with E-state index in [0.717, 1.165) is 33.6 Å². The number of hydrogen-bond acceptors (Lipinski definition) is 5. The predicted octanol–water partition coefficient (Wildman–Crippen LogP) is 4.49. The van der Waals surface area contributed by atoms with Gasteiger partial charge in [0.15, 0.2) is 0 Å². The van der Waals surface area contributed by atoms with E-state index in [1.54, 1.807) is 18.6 Å². The molecule has 6 nitrogen and oxygen atoms in total. The van der Waals surface area contributed by atoms with Crippen molar-refractivity contribution in [3.63, 3.8) is 0 Å². The van der Waals surface area contributed by atoms with Crippen molar-refractivity contribution in [2.45, 2.75) is 38.5 Å². The van der Waals surface area contributed by atoms with Gasteiger partial charge in [0.05, 0.1) is 0 Å². The second kappa shape index (κ2) is 7.76. The average Bonchev–Trinajstić information content (AvgIpc) is 3.52. The number of anilines is 2. The minimum Gasteiger partial charge on any atom is -0.481 e. The van der Waals surface area contributed by atoms with Gasteiger partial charge in [0, 0.05) is 47.9 Å². The molecule has 0 saturated heterocycles. The maximum Gasteiger partial charge on any atom is 0.303 e. The second-order valence-corrected chi connectivity index (χ2v) is 7.27. The van der Waals surface area contributed by atoms with E-state index < -0.39 is 5.97 Å². The Balaban J connectivity index is 1.58. The first kappa shape index (κ1) is 18.1. The number of benzene rings is 1. The van der Waals surface area contributed by atoms with Gasteiger partial charge in [0.25, 0.3) is 0 Å². The second-order valence-electron chi connectivity index (χ2n) is 7.27. The fourth-order valence-electron chi connectivity index (χ4n) is 3.22. The number of aromatic nitrogens is 3. The maximum atomic E-state index is 10.8. The predicted molar refractivity (Wildman–Crippen MR) is 108 cm³/mol. The number of nitrogens with zero attached hydrogens (tertiary/aromatic N) is 3. The molecule has 0 spiro atoms. The molecule has 0 bridgehead atoms. The summed E-state index contributed by atoms with van der Waals surface area (Å²) in [4.78, 5) is 24.1. The molecule has 0 unspecified atom stereocenters. The van der Waals surface area contributed by atoms with E-state index in [2.05, 4.69) is 32.4 Å². The number of rotatable bonds is 7. The molecule has 3 aromatic rings. The van der Waals surface area contributed by atoms with Crippen molar-refractivity contribution in [2.75, 3.05) is 5.32 Å². The molecule has 2 aromatic heterocycles. The van der Waals surface area contributed by atoms with Crippen LogP contribution in [0.3, 0.4) is 0 Å². The molecular formula is C22H22N4O2. The third-order valence-corrected chi connectivity index (χ3v) is 4.76. The third kappa shape index (κ3) is 4.52. The van der Waals surface area contributed by atoms with Crippen LogP contribution in [0.25, 0.3) is 11.1 Å². The Kier molecular flexibility index (Phi) is 5.02. The van der Waals surface area contributed by atoms with E-state index in [4.69, 9.17) is 5.11 Å². The third-order valence-electron chi connectivity index (χ3n) is 4.76. The van der Waals surface area contributed by atoms with Crippen molar-refractivity contribution < 1.29 is 9.90 Å². The Morgan fingerprint density at radius 2 is 2.04 bits per heavy atom. The SMILES string of the molecule is Cc1cc(Nc2nccc(C3CC3)n2)cc(-c2cncc(CCC(=O)O)c2)c1. The standard InChI is InChI=1S/C22H22N4O2/c1-14-8-17(18-10-15(12-23-13-18)2-5-21(27)28)11-19(9-14)25-22-24-7-6-20(26-22)16-3-4-16/h6-13,16H,2-5H2,1H3,(H,27,28)(H,24,25,26). The molecule has 1 aromatic carbocycles. The Labute approximate surface area is 163 Å². The Morgan fingerprint density at radius 1 is 1.18 bits per heavy atom. The quantitative estimate of drug-likeness (QED) is 0.634. The van der Waals surface area contributed by atoms with Gasteiger partial charge >= 0.3 is 5.97 Å². The lowest BCUT2D eigenvalue weighted by Gasteiger charge is -2.11. The molecule has 142 valence electrons. The molecular weight excluding hydrogens is 352 g/mol. The summed E-state index contributed by atoms with van der Waals surface area (Å²) in [5, 5.41) is 12.2. The molecule has 28 heavy (non-hydrogen) atoms. The summed E-state index contributed by atoms with van der Waals surface area (Å²) in [6, 6.07) is 10.2. The fraction of sp³-hybridized carbons (Fsp3) is 0.273. The van der Waals surface area contributed by atoms with E-state index in [-0.39, 0.29) is 6.42 Å². The fourth-order valence-corrected chi connectivity index (χ4v) is 3.22. The normalized spacial score (nSPS) is 13.3. The molecule has 4 rings (SSSR count). The topological polar surface area (TPSA) is 88.0 Å². The number of aliphatic carboxylic acids is 1. The molecule has 2 N–H and O–H groups in total. The van der Waals surface area contributed by atoms with Crippen LogP contribution in [0.5, 0.6) is 0 Å². The number of nitrogens with one attached hydrogen (secondary N) is 1. The van der Waals surface area contributed by atoms with Crippen LogP contribution >= 0.6 is 0 Å². The molecule has 0 radical (unpaired) electrons. The lowest BCUT2D eigenvalue weighted by molar-refractivity contribution is -0.136. The van der Waals surface area contributed by atoms with Crippen LogP contribution in [0, 0.1) is 6.92 Å². The van der Waals surface area contributed by atoms with Gasteiger partial charge in [0.1, 0.15) is 0 Å². The molecule has 1 aliphatic rings. The zero-order chi connectivity index (χ0) is 19.5. The lowest BCUT2D eigenvalue weighted by atomic mass is 10.0. The summed E-state index contributed by atoms with van der Waals surface area (Å²) in [6.07, 6.45) is 8.29. The van der Waals surface area contributed by atoms with Crippen LogP contribution in [0.1, 0.15) is 42.0 Å². The summed E-state index contributed by atoms with van der Waals surface area (Å²) >= 11 is 0. The van der Waals surface area contributed by atoms with Gasteiger partial charge in [0.2, 0.25) is 5.95 Å². The largest absolute Gasteiger partial charge is 0.481 e. The van der Waals surface area contributed by atoms with Crippen molar-refractivity contribution in [1.29, 1.82) is 0 Å². The van der Waals surface area contributed by atoms with E-state index in [1.807, 2.05) is 25.1 Å². The van der Waals surface area contributed by atoms with Crippen molar-refractivity contribution in [3.05, 3.63) is 65.7 Å². The minimum atomic E-state index is -0.805. The summed E-state index contributed by atoms with van der Waals surface area (Å²) in [6.45, 7) is 2.04. The first-order valence-corrected chi connectivity index (χ1v) is 9.44. The van der Waals surface area contributed by atoms with Gasteiger partial charge in [-0.2, -0.15) is 0 Å². The van der Waals surface area contributed by atoms with Crippen LogP contribution in [-0.2, 0) is 11.2 Å². The number of pyridine rings is 1. The van der Waals surface area contributed by atoms with Crippen LogP contribution in [-0.4, -0.2) is 26.0 Å². The number of carbonyl (C=O) groups is 1. The molecule has 1 aliphatic carbocycles. The number of carboxylic acid groups (broad SMARTS) is 1. The van der Waals surface area contributed by atoms with E-state index >= 15 is 0 Å². The van der Waals surface area contributed by atoms with Crippen molar-refractivity contribution in [2.24, 2.45) is 0 Å². The summed E-state index contributed by atoms with van der Waals surface area (Å²) in [5.41, 5.74) is 6.01. The molecule has 1 fully saturated rings. The van der Waals surface area contributed by atoms with Crippen LogP contribution in [0.4, 0.5) is 11.6 Å². The number of aryl methyl sites for hydroxylation is 2. The smallest absolute Gasteiger partial charge is 0.303 e. The highest BCUT2D eigenvalue weighted by atomic mass is 16.4.